The number of carbonyl (C=O) groups is 2. The van der Waals surface area contributed by atoms with Crippen LogP contribution >= 0.6 is 11.6 Å². The molecule has 2 aromatic rings. The number of halogens is 1. The lowest BCUT2D eigenvalue weighted by Crippen LogP contribution is -2.33. The minimum absolute atomic E-state index is 0.364. The molecule has 1 amide bonds. The maximum atomic E-state index is 12.0. The number of nitrogens with zero attached hydrogens (tertiary/aromatic N) is 3. The van der Waals surface area contributed by atoms with Crippen LogP contribution in [0.5, 0.6) is 0 Å². The third-order valence-electron chi connectivity index (χ3n) is 3.05. The van der Waals surface area contributed by atoms with Crippen molar-refractivity contribution < 1.29 is 9.59 Å². The van der Waals surface area contributed by atoms with E-state index in [1.807, 2.05) is 0 Å². The molecule has 0 N–H and O–H groups in total. The van der Waals surface area contributed by atoms with Gasteiger partial charge in [0.05, 0.1) is 22.8 Å². The van der Waals surface area contributed by atoms with Gasteiger partial charge in [0.25, 0.3) is 11.7 Å². The Bertz CT molecular complexity index is 652. The van der Waals surface area contributed by atoms with E-state index in [2.05, 4.69) is 5.10 Å². The normalized spacial score (nSPS) is 14.1. The second-order valence-electron chi connectivity index (χ2n) is 4.19. The molecule has 1 aromatic heterocycles. The topological polar surface area (TPSA) is 55.2 Å². The SMILES string of the molecule is O=C1C(=O)N(CCn2cccn2)c2c(Cl)cccc21. The molecule has 0 spiro atoms. The molecule has 0 saturated heterocycles. The van der Waals surface area contributed by atoms with Gasteiger partial charge in [0, 0.05) is 18.9 Å². The van der Waals surface area contributed by atoms with Crippen LogP contribution in [0.3, 0.4) is 0 Å². The second-order valence-corrected chi connectivity index (χ2v) is 4.60. The lowest BCUT2D eigenvalue weighted by atomic mass is 10.1. The maximum Gasteiger partial charge on any atom is 0.299 e. The van der Waals surface area contributed by atoms with Crippen LogP contribution in [0, 0.1) is 0 Å². The van der Waals surface area contributed by atoms with E-state index in [1.54, 1.807) is 41.3 Å². The highest BCUT2D eigenvalue weighted by Gasteiger charge is 2.36. The summed E-state index contributed by atoms with van der Waals surface area (Å²) in [6.07, 6.45) is 3.47. The number of benzene rings is 1. The van der Waals surface area contributed by atoms with Crippen molar-refractivity contribution in [2.24, 2.45) is 0 Å². The van der Waals surface area contributed by atoms with E-state index in [0.717, 1.165) is 0 Å². The molecule has 3 rings (SSSR count). The Kier molecular flexibility index (Phi) is 2.83. The summed E-state index contributed by atoms with van der Waals surface area (Å²) in [4.78, 5) is 25.2. The number of hydrogen-bond acceptors (Lipinski definition) is 3. The first kappa shape index (κ1) is 11.9. The molecule has 0 saturated carbocycles. The average Bonchev–Trinajstić information content (AvgIpc) is 2.99. The Labute approximate surface area is 114 Å². The molecule has 0 atom stereocenters. The van der Waals surface area contributed by atoms with Gasteiger partial charge in [0.15, 0.2) is 0 Å². The highest BCUT2D eigenvalue weighted by Crippen LogP contribution is 2.35. The Morgan fingerprint density at radius 3 is 2.74 bits per heavy atom. The highest BCUT2D eigenvalue weighted by molar-refractivity contribution is 6.54. The summed E-state index contributed by atoms with van der Waals surface area (Å²) in [7, 11) is 0. The number of Topliss-reactive ketones (excluding diaryl/α,β-unsaturated/α-hetero) is 1. The Morgan fingerprint density at radius 2 is 2.00 bits per heavy atom. The van der Waals surface area contributed by atoms with Gasteiger partial charge < -0.3 is 4.90 Å². The van der Waals surface area contributed by atoms with Gasteiger partial charge in [-0.25, -0.2) is 0 Å². The number of rotatable bonds is 3. The van der Waals surface area contributed by atoms with Crippen molar-refractivity contribution >= 4 is 29.0 Å². The van der Waals surface area contributed by atoms with Crippen molar-refractivity contribution in [2.75, 3.05) is 11.4 Å². The lowest BCUT2D eigenvalue weighted by molar-refractivity contribution is -0.114. The number of aromatic nitrogens is 2. The Hall–Kier alpha value is -2.14. The minimum Gasteiger partial charge on any atom is -0.301 e. The van der Waals surface area contributed by atoms with Crippen LogP contribution in [0.2, 0.25) is 5.02 Å². The van der Waals surface area contributed by atoms with Gasteiger partial charge >= 0.3 is 0 Å². The van der Waals surface area contributed by atoms with E-state index < -0.39 is 11.7 Å². The van der Waals surface area contributed by atoms with Gasteiger partial charge in [-0.15, -0.1) is 0 Å². The van der Waals surface area contributed by atoms with E-state index in [1.165, 1.54) is 4.90 Å². The summed E-state index contributed by atoms with van der Waals surface area (Å²) in [6.45, 7) is 0.875. The van der Waals surface area contributed by atoms with Crippen LogP contribution < -0.4 is 4.90 Å². The van der Waals surface area contributed by atoms with Crippen LogP contribution in [0.15, 0.2) is 36.7 Å². The molecule has 96 valence electrons. The van der Waals surface area contributed by atoms with Crippen LogP contribution in [0.4, 0.5) is 5.69 Å². The minimum atomic E-state index is -0.532. The molecule has 0 unspecified atom stereocenters. The van der Waals surface area contributed by atoms with Crippen LogP contribution in [-0.2, 0) is 11.3 Å². The van der Waals surface area contributed by atoms with Gasteiger partial charge in [0.2, 0.25) is 0 Å². The third-order valence-corrected chi connectivity index (χ3v) is 3.36. The molecule has 1 aromatic carbocycles. The number of amides is 1. The van der Waals surface area contributed by atoms with Crippen molar-refractivity contribution in [1.29, 1.82) is 0 Å². The summed E-state index contributed by atoms with van der Waals surface area (Å²) in [5.41, 5.74) is 0.879. The largest absolute Gasteiger partial charge is 0.301 e. The molecule has 2 heterocycles. The fraction of sp³-hybridized carbons (Fsp3) is 0.154. The van der Waals surface area contributed by atoms with Crippen molar-refractivity contribution in [2.45, 2.75) is 6.54 Å². The summed E-state index contributed by atoms with van der Waals surface area (Å²) in [5, 5.41) is 4.47. The zero-order chi connectivity index (χ0) is 13.4. The van der Waals surface area contributed by atoms with Crippen molar-refractivity contribution in [3.8, 4) is 0 Å². The zero-order valence-corrected chi connectivity index (χ0v) is 10.7. The van der Waals surface area contributed by atoms with Gasteiger partial charge in [-0.05, 0) is 18.2 Å². The molecular weight excluding hydrogens is 266 g/mol. The predicted molar refractivity (Wildman–Crippen MR) is 70.4 cm³/mol. The van der Waals surface area contributed by atoms with E-state index in [0.29, 0.717) is 29.4 Å². The van der Waals surface area contributed by atoms with Gasteiger partial charge in [-0.3, -0.25) is 14.3 Å². The first-order valence-electron chi connectivity index (χ1n) is 5.80. The molecule has 0 radical (unpaired) electrons. The van der Waals surface area contributed by atoms with Crippen LogP contribution in [0.25, 0.3) is 0 Å². The molecule has 1 aliphatic rings. The first-order chi connectivity index (χ1) is 9.18. The summed E-state index contributed by atoms with van der Waals surface area (Å²) >= 11 is 6.09. The van der Waals surface area contributed by atoms with Gasteiger partial charge in [-0.2, -0.15) is 5.10 Å². The quantitative estimate of drug-likeness (QED) is 0.802. The van der Waals surface area contributed by atoms with Crippen LogP contribution in [-0.4, -0.2) is 28.0 Å². The van der Waals surface area contributed by atoms with Gasteiger partial charge in [0.1, 0.15) is 0 Å². The molecule has 6 heteroatoms. The number of ketones is 1. The Balaban J connectivity index is 1.90. The molecule has 5 nitrogen and oxygen atoms in total. The van der Waals surface area contributed by atoms with Crippen molar-refractivity contribution in [1.82, 2.24) is 9.78 Å². The summed E-state index contributed by atoms with van der Waals surface area (Å²) < 4.78 is 1.70. The van der Waals surface area contributed by atoms with E-state index in [4.69, 9.17) is 11.6 Å². The molecule has 19 heavy (non-hydrogen) atoms. The van der Waals surface area contributed by atoms with E-state index in [9.17, 15) is 9.59 Å². The zero-order valence-electron chi connectivity index (χ0n) is 9.91. The van der Waals surface area contributed by atoms with Crippen LogP contribution in [0.1, 0.15) is 10.4 Å². The molecule has 1 aliphatic heterocycles. The lowest BCUT2D eigenvalue weighted by Gasteiger charge is -2.17. The first-order valence-corrected chi connectivity index (χ1v) is 6.18. The van der Waals surface area contributed by atoms with E-state index in [-0.39, 0.29) is 0 Å². The smallest absolute Gasteiger partial charge is 0.299 e. The number of hydrogen-bond donors (Lipinski definition) is 0. The summed E-state index contributed by atoms with van der Waals surface area (Å²) in [5.74, 6) is -1.03. The molecule has 0 bridgehead atoms. The molecule has 0 fully saturated rings. The summed E-state index contributed by atoms with van der Waals surface area (Å²) in [6, 6.07) is 6.77. The highest BCUT2D eigenvalue weighted by atomic mass is 35.5. The maximum absolute atomic E-state index is 12.0. The Morgan fingerprint density at radius 1 is 1.16 bits per heavy atom. The predicted octanol–water partition coefficient (Wildman–Crippen LogP) is 1.77. The average molecular weight is 276 g/mol. The number of anilines is 1. The fourth-order valence-corrected chi connectivity index (χ4v) is 2.44. The van der Waals surface area contributed by atoms with Crippen molar-refractivity contribution in [3.05, 3.63) is 47.2 Å². The molecule has 0 aliphatic carbocycles. The molecular formula is C13H10ClN3O2. The van der Waals surface area contributed by atoms with Crippen molar-refractivity contribution in [3.63, 3.8) is 0 Å². The van der Waals surface area contributed by atoms with E-state index >= 15 is 0 Å². The second kappa shape index (κ2) is 4.51. The third kappa shape index (κ3) is 1.92. The number of carbonyl (C=O) groups excluding carboxylic acids is 2. The standard InChI is InChI=1S/C13H10ClN3O2/c14-10-4-1-3-9-11(10)17(13(19)12(9)18)8-7-16-6-2-5-15-16/h1-6H,7-8H2. The fourth-order valence-electron chi connectivity index (χ4n) is 2.16. The number of para-hydroxylation sites is 1. The van der Waals surface area contributed by atoms with Gasteiger partial charge in [-0.1, -0.05) is 17.7 Å². The monoisotopic (exact) mass is 275 g/mol. The number of fused-ring (bicyclic) bond motifs is 1.